The molecule has 6 heteroatoms. The molecule has 2 aromatic rings. The van der Waals surface area contributed by atoms with Gasteiger partial charge in [0, 0.05) is 18.0 Å². The number of hydrogen-bond acceptors (Lipinski definition) is 5. The molecule has 0 aliphatic heterocycles. The van der Waals surface area contributed by atoms with Gasteiger partial charge in [-0.3, -0.25) is 9.69 Å². The van der Waals surface area contributed by atoms with E-state index in [9.17, 15) is 4.79 Å². The minimum atomic E-state index is -0.0756. The first-order valence-electron chi connectivity index (χ1n) is 6.68. The van der Waals surface area contributed by atoms with Crippen molar-refractivity contribution in [1.82, 2.24) is 10.2 Å². The van der Waals surface area contributed by atoms with Gasteiger partial charge >= 0.3 is 0 Å². The Bertz CT molecular complexity index is 536. The second-order valence-corrected chi connectivity index (χ2v) is 5.59. The lowest BCUT2D eigenvalue weighted by molar-refractivity contribution is -0.122. The first-order chi connectivity index (χ1) is 10.3. The van der Waals surface area contributed by atoms with Gasteiger partial charge in [-0.05, 0) is 23.6 Å². The number of furan rings is 1. The van der Waals surface area contributed by atoms with Gasteiger partial charge < -0.3 is 9.73 Å². The topological polar surface area (TPSA) is 69.3 Å². The molecule has 2 rings (SSSR count). The van der Waals surface area contributed by atoms with E-state index in [1.54, 1.807) is 17.6 Å². The molecular formula is C15H17N3O2S. The van der Waals surface area contributed by atoms with Gasteiger partial charge in [0.1, 0.15) is 5.76 Å². The van der Waals surface area contributed by atoms with Gasteiger partial charge in [0.15, 0.2) is 0 Å². The Morgan fingerprint density at radius 3 is 2.95 bits per heavy atom. The van der Waals surface area contributed by atoms with E-state index in [4.69, 9.17) is 9.68 Å². The largest absolute Gasteiger partial charge is 0.468 e. The molecule has 0 aromatic carbocycles. The molecule has 0 saturated heterocycles. The van der Waals surface area contributed by atoms with E-state index >= 15 is 0 Å². The van der Waals surface area contributed by atoms with Crippen LogP contribution < -0.4 is 5.32 Å². The van der Waals surface area contributed by atoms with Crippen molar-refractivity contribution in [3.8, 4) is 6.07 Å². The Balaban J connectivity index is 1.91. The molecule has 0 radical (unpaired) electrons. The van der Waals surface area contributed by atoms with Crippen LogP contribution in [0.1, 0.15) is 17.1 Å². The van der Waals surface area contributed by atoms with Crippen molar-refractivity contribution >= 4 is 17.2 Å². The number of rotatable bonds is 8. The lowest BCUT2D eigenvalue weighted by Crippen LogP contribution is -2.36. The van der Waals surface area contributed by atoms with Gasteiger partial charge in [-0.15, -0.1) is 11.3 Å². The number of amides is 1. The summed E-state index contributed by atoms with van der Waals surface area (Å²) in [7, 11) is 0. The van der Waals surface area contributed by atoms with Gasteiger partial charge in [0.2, 0.25) is 5.91 Å². The molecule has 0 unspecified atom stereocenters. The number of nitrogens with one attached hydrogen (secondary N) is 1. The van der Waals surface area contributed by atoms with Crippen LogP contribution in [0.15, 0.2) is 40.3 Å². The molecule has 0 saturated carbocycles. The van der Waals surface area contributed by atoms with Crippen molar-refractivity contribution in [2.45, 2.75) is 19.5 Å². The highest BCUT2D eigenvalue weighted by Gasteiger charge is 2.13. The van der Waals surface area contributed by atoms with E-state index in [0.29, 0.717) is 26.1 Å². The van der Waals surface area contributed by atoms with E-state index in [-0.39, 0.29) is 12.5 Å². The van der Waals surface area contributed by atoms with Gasteiger partial charge in [0.05, 0.1) is 31.8 Å². The molecule has 0 fully saturated rings. The van der Waals surface area contributed by atoms with Crippen molar-refractivity contribution in [1.29, 1.82) is 5.26 Å². The van der Waals surface area contributed by atoms with Crippen LogP contribution in [0.4, 0.5) is 0 Å². The number of thiophene rings is 1. The predicted octanol–water partition coefficient (Wildman–Crippen LogP) is 2.37. The average Bonchev–Trinajstić information content (AvgIpc) is 3.12. The predicted molar refractivity (Wildman–Crippen MR) is 80.4 cm³/mol. The summed E-state index contributed by atoms with van der Waals surface area (Å²) in [6.07, 6.45) is 1.96. The van der Waals surface area contributed by atoms with Gasteiger partial charge in [-0.1, -0.05) is 6.07 Å². The van der Waals surface area contributed by atoms with Crippen LogP contribution in [-0.4, -0.2) is 23.9 Å². The minimum Gasteiger partial charge on any atom is -0.468 e. The highest BCUT2D eigenvalue weighted by atomic mass is 32.1. The zero-order valence-corrected chi connectivity index (χ0v) is 12.4. The van der Waals surface area contributed by atoms with Gasteiger partial charge in [-0.25, -0.2) is 0 Å². The zero-order valence-electron chi connectivity index (χ0n) is 11.6. The first kappa shape index (κ1) is 15.3. The smallest absolute Gasteiger partial charge is 0.234 e. The highest BCUT2D eigenvalue weighted by molar-refractivity contribution is 7.09. The normalized spacial score (nSPS) is 10.5. The Labute approximate surface area is 127 Å². The van der Waals surface area contributed by atoms with Crippen LogP contribution in [0.5, 0.6) is 0 Å². The third-order valence-electron chi connectivity index (χ3n) is 2.85. The van der Waals surface area contributed by atoms with Crippen molar-refractivity contribution in [2.24, 2.45) is 0 Å². The van der Waals surface area contributed by atoms with Crippen LogP contribution in [0.25, 0.3) is 0 Å². The van der Waals surface area contributed by atoms with Crippen LogP contribution in [0.2, 0.25) is 0 Å². The maximum atomic E-state index is 11.9. The Morgan fingerprint density at radius 1 is 1.38 bits per heavy atom. The Morgan fingerprint density at radius 2 is 2.29 bits per heavy atom. The van der Waals surface area contributed by atoms with Crippen LogP contribution >= 0.6 is 11.3 Å². The molecule has 0 bridgehead atoms. The molecule has 1 amide bonds. The summed E-state index contributed by atoms with van der Waals surface area (Å²) in [5.74, 6) is 0.754. The van der Waals surface area contributed by atoms with Crippen molar-refractivity contribution in [2.75, 3.05) is 13.1 Å². The fourth-order valence-corrected chi connectivity index (χ4v) is 2.68. The van der Waals surface area contributed by atoms with E-state index in [0.717, 1.165) is 5.76 Å². The van der Waals surface area contributed by atoms with Crippen LogP contribution in [0, 0.1) is 11.3 Å². The monoisotopic (exact) mass is 303 g/mol. The molecule has 2 aromatic heterocycles. The molecule has 110 valence electrons. The first-order valence-corrected chi connectivity index (χ1v) is 7.56. The summed E-state index contributed by atoms with van der Waals surface area (Å²) >= 11 is 1.67. The minimum absolute atomic E-state index is 0.0756. The standard InChI is InChI=1S/C15H17N3O2S/c16-6-3-7-17-15(19)12-18(10-13-4-1-8-20-13)11-14-5-2-9-21-14/h1-2,4-5,8-9H,3,7,10-12H2,(H,17,19). The molecule has 5 nitrogen and oxygen atoms in total. The summed E-state index contributed by atoms with van der Waals surface area (Å²) in [6.45, 7) is 1.95. The van der Waals surface area contributed by atoms with Crippen molar-refractivity contribution in [3.05, 3.63) is 46.5 Å². The quantitative estimate of drug-likeness (QED) is 0.760. The fraction of sp³-hybridized carbons (Fsp3) is 0.333. The second kappa shape index (κ2) is 8.25. The Kier molecular flexibility index (Phi) is 6.00. The second-order valence-electron chi connectivity index (χ2n) is 4.56. The Hall–Kier alpha value is -2.10. The molecule has 0 aliphatic rings. The van der Waals surface area contributed by atoms with E-state index in [1.165, 1.54) is 4.88 Å². The maximum Gasteiger partial charge on any atom is 0.234 e. The molecule has 0 aliphatic carbocycles. The average molecular weight is 303 g/mol. The van der Waals surface area contributed by atoms with Crippen molar-refractivity contribution in [3.63, 3.8) is 0 Å². The number of hydrogen-bond donors (Lipinski definition) is 1. The third-order valence-corrected chi connectivity index (χ3v) is 3.71. The molecular weight excluding hydrogens is 286 g/mol. The molecule has 0 atom stereocenters. The number of nitriles is 1. The van der Waals surface area contributed by atoms with E-state index < -0.39 is 0 Å². The third kappa shape index (κ3) is 5.42. The molecule has 21 heavy (non-hydrogen) atoms. The van der Waals surface area contributed by atoms with Gasteiger partial charge in [-0.2, -0.15) is 5.26 Å². The zero-order chi connectivity index (χ0) is 14.9. The van der Waals surface area contributed by atoms with Crippen LogP contribution in [-0.2, 0) is 17.9 Å². The number of nitrogens with zero attached hydrogens (tertiary/aromatic N) is 2. The number of carbonyl (C=O) groups is 1. The maximum absolute atomic E-state index is 11.9. The number of carbonyl (C=O) groups excluding carboxylic acids is 1. The summed E-state index contributed by atoms with van der Waals surface area (Å²) in [6, 6.07) is 9.79. The highest BCUT2D eigenvalue weighted by Crippen LogP contribution is 2.14. The summed E-state index contributed by atoms with van der Waals surface area (Å²) in [5, 5.41) is 13.2. The summed E-state index contributed by atoms with van der Waals surface area (Å²) in [5.41, 5.74) is 0. The van der Waals surface area contributed by atoms with Crippen LogP contribution in [0.3, 0.4) is 0 Å². The lowest BCUT2D eigenvalue weighted by Gasteiger charge is -2.19. The lowest BCUT2D eigenvalue weighted by atomic mass is 10.3. The molecule has 0 spiro atoms. The summed E-state index contributed by atoms with van der Waals surface area (Å²) in [4.78, 5) is 15.1. The summed E-state index contributed by atoms with van der Waals surface area (Å²) < 4.78 is 5.35. The van der Waals surface area contributed by atoms with E-state index in [2.05, 4.69) is 5.32 Å². The molecule has 2 heterocycles. The van der Waals surface area contributed by atoms with Gasteiger partial charge in [0.25, 0.3) is 0 Å². The SMILES string of the molecule is N#CCCNC(=O)CN(Cc1ccco1)Cc1cccs1. The van der Waals surface area contributed by atoms with E-state index in [1.807, 2.05) is 40.6 Å². The van der Waals surface area contributed by atoms with Crippen molar-refractivity contribution < 1.29 is 9.21 Å². The fourth-order valence-electron chi connectivity index (χ4n) is 1.93. The molecule has 1 N–H and O–H groups in total.